The minimum absolute atomic E-state index is 0.0118. The highest BCUT2D eigenvalue weighted by molar-refractivity contribution is 5.76. The molecule has 2 fully saturated rings. The molecule has 2 aromatic rings. The number of amides is 2. The van der Waals surface area contributed by atoms with E-state index in [1.807, 2.05) is 45.1 Å². The SMILES string of the molecule is C/C(=C\c1cc(F)cc(N2CCN(C(=O)Cn3cccn3)CC2)c1)[C@@H](C=O)[C@@H](C)/C=C/[C@H](OC(=O)N(C)C1CCN(C)CC1)[C@@H](C)CC[C@@H](O)CC=O. The van der Waals surface area contributed by atoms with Crippen molar-refractivity contribution in [3.05, 3.63) is 65.8 Å². The number of benzene rings is 1. The summed E-state index contributed by atoms with van der Waals surface area (Å²) < 4.78 is 22.6. The predicted octanol–water partition coefficient (Wildman–Crippen LogP) is 4.68. The van der Waals surface area contributed by atoms with Gasteiger partial charge in [0.1, 0.15) is 31.0 Å². The molecule has 2 amide bonds. The van der Waals surface area contributed by atoms with Crippen molar-refractivity contribution < 1.29 is 33.4 Å². The summed E-state index contributed by atoms with van der Waals surface area (Å²) in [6, 6.07) is 6.68. The Morgan fingerprint density at radius 2 is 1.77 bits per heavy atom. The first kappa shape index (κ1) is 41.4. The van der Waals surface area contributed by atoms with Gasteiger partial charge in [0.15, 0.2) is 0 Å². The van der Waals surface area contributed by atoms with E-state index in [4.69, 9.17) is 4.74 Å². The minimum atomic E-state index is -0.765. The van der Waals surface area contributed by atoms with Crippen molar-refractivity contribution in [2.45, 2.75) is 77.7 Å². The average molecular weight is 737 g/mol. The number of hydrogen-bond acceptors (Lipinski definition) is 9. The maximum Gasteiger partial charge on any atom is 0.410 e. The Bertz CT molecular complexity index is 1550. The smallest absolute Gasteiger partial charge is 0.410 e. The molecule has 0 unspecified atom stereocenters. The van der Waals surface area contributed by atoms with Gasteiger partial charge in [0.25, 0.3) is 0 Å². The van der Waals surface area contributed by atoms with Crippen LogP contribution in [-0.2, 0) is 25.7 Å². The van der Waals surface area contributed by atoms with E-state index in [0.29, 0.717) is 56.6 Å². The predicted molar refractivity (Wildman–Crippen MR) is 203 cm³/mol. The molecule has 1 aromatic heterocycles. The van der Waals surface area contributed by atoms with Gasteiger partial charge in [-0.25, -0.2) is 9.18 Å². The van der Waals surface area contributed by atoms with E-state index < -0.39 is 30.0 Å². The number of allylic oxidation sites excluding steroid dienone is 2. The van der Waals surface area contributed by atoms with E-state index in [9.17, 15) is 28.7 Å². The minimum Gasteiger partial charge on any atom is -0.442 e. The molecule has 0 aliphatic carbocycles. The Labute approximate surface area is 313 Å². The maximum atomic E-state index is 14.9. The van der Waals surface area contributed by atoms with Gasteiger partial charge in [0, 0.05) is 69.7 Å². The summed E-state index contributed by atoms with van der Waals surface area (Å²) in [7, 11) is 3.83. The number of aliphatic hydroxyl groups excluding tert-OH is 1. The maximum absolute atomic E-state index is 14.9. The number of ether oxygens (including phenoxy) is 1. The number of likely N-dealkylation sites (tertiary alicyclic amines) is 1. The van der Waals surface area contributed by atoms with Crippen LogP contribution < -0.4 is 4.90 Å². The number of piperidine rings is 1. The Hall–Kier alpha value is -4.36. The van der Waals surface area contributed by atoms with E-state index >= 15 is 0 Å². The first-order valence-electron chi connectivity index (χ1n) is 18.7. The van der Waals surface area contributed by atoms with Crippen LogP contribution >= 0.6 is 0 Å². The van der Waals surface area contributed by atoms with Gasteiger partial charge in [0.2, 0.25) is 5.91 Å². The second-order valence-electron chi connectivity index (χ2n) is 14.7. The average Bonchev–Trinajstić information content (AvgIpc) is 3.65. The number of carbonyl (C=O) groups is 4. The molecule has 5 atom stereocenters. The number of carbonyl (C=O) groups excluding carboxylic acids is 4. The molecule has 53 heavy (non-hydrogen) atoms. The fourth-order valence-electron chi connectivity index (χ4n) is 7.04. The third kappa shape index (κ3) is 12.3. The number of halogens is 1. The van der Waals surface area contributed by atoms with Crippen LogP contribution in [0.1, 0.15) is 58.4 Å². The number of aldehydes is 2. The Morgan fingerprint density at radius 3 is 2.42 bits per heavy atom. The lowest BCUT2D eigenvalue weighted by Crippen LogP contribution is -2.49. The van der Waals surface area contributed by atoms with Gasteiger partial charge in [-0.3, -0.25) is 9.48 Å². The molecule has 2 saturated heterocycles. The van der Waals surface area contributed by atoms with Crippen LogP contribution in [0.3, 0.4) is 0 Å². The van der Waals surface area contributed by atoms with Crippen molar-refractivity contribution in [3.63, 3.8) is 0 Å². The highest BCUT2D eigenvalue weighted by atomic mass is 19.1. The van der Waals surface area contributed by atoms with Crippen molar-refractivity contribution in [2.75, 3.05) is 58.3 Å². The topological polar surface area (TPSA) is 129 Å². The first-order chi connectivity index (χ1) is 25.4. The highest BCUT2D eigenvalue weighted by Gasteiger charge is 2.29. The van der Waals surface area contributed by atoms with Gasteiger partial charge in [-0.2, -0.15) is 5.10 Å². The molecule has 3 heterocycles. The molecule has 13 heteroatoms. The summed E-state index contributed by atoms with van der Waals surface area (Å²) in [6.45, 7) is 9.84. The third-order valence-electron chi connectivity index (χ3n) is 10.6. The summed E-state index contributed by atoms with van der Waals surface area (Å²) in [6.07, 6.45) is 11.4. The number of anilines is 1. The summed E-state index contributed by atoms with van der Waals surface area (Å²) in [4.78, 5) is 57.2. The van der Waals surface area contributed by atoms with Gasteiger partial charge < -0.3 is 39.0 Å². The van der Waals surface area contributed by atoms with Crippen molar-refractivity contribution in [1.29, 1.82) is 0 Å². The third-order valence-corrected chi connectivity index (χ3v) is 10.6. The first-order valence-corrected chi connectivity index (χ1v) is 18.7. The molecule has 2 aliphatic rings. The molecular formula is C40H57FN6O6. The lowest BCUT2D eigenvalue weighted by molar-refractivity contribution is -0.132. The van der Waals surface area contributed by atoms with Gasteiger partial charge in [-0.1, -0.05) is 31.6 Å². The zero-order valence-corrected chi connectivity index (χ0v) is 31.8. The van der Waals surface area contributed by atoms with Gasteiger partial charge in [-0.15, -0.1) is 0 Å². The lowest BCUT2D eigenvalue weighted by atomic mass is 9.86. The molecule has 4 rings (SSSR count). The second-order valence-corrected chi connectivity index (χ2v) is 14.7. The van der Waals surface area contributed by atoms with Crippen LogP contribution in [0.5, 0.6) is 0 Å². The fourth-order valence-corrected chi connectivity index (χ4v) is 7.04. The summed E-state index contributed by atoms with van der Waals surface area (Å²) in [5.74, 6) is -1.36. The fraction of sp³-hybridized carbons (Fsp3) is 0.575. The molecule has 2 aliphatic heterocycles. The number of hydrogen-bond donors (Lipinski definition) is 1. The molecule has 12 nitrogen and oxygen atoms in total. The van der Waals surface area contributed by atoms with Crippen LogP contribution in [0.15, 0.2) is 54.4 Å². The molecule has 0 spiro atoms. The zero-order valence-electron chi connectivity index (χ0n) is 31.8. The van der Waals surface area contributed by atoms with Crippen molar-refractivity contribution >= 4 is 36.3 Å². The van der Waals surface area contributed by atoms with Gasteiger partial charge in [-0.05, 0) is 100 Å². The number of piperazine rings is 1. The number of aromatic nitrogens is 2. The van der Waals surface area contributed by atoms with Crippen LogP contribution in [-0.4, -0.2) is 126 Å². The van der Waals surface area contributed by atoms with Crippen LogP contribution in [0.4, 0.5) is 14.9 Å². The normalized spacial score (nSPS) is 19.0. The number of aliphatic hydroxyl groups is 1. The summed E-state index contributed by atoms with van der Waals surface area (Å²) in [5.41, 5.74) is 2.09. The van der Waals surface area contributed by atoms with E-state index in [1.165, 1.54) is 12.1 Å². The standard InChI is InChI=1S/C40H57FN6O6/c1-29(8-10-38(30(2)7-9-36(50)13-22-48)53-40(52)44(5)34-11-16-43(4)17-12-34)37(28-49)31(3)23-32-24-33(41)26-35(25-32)45-18-20-46(21-19-45)39(51)27-47-15-6-14-42-47/h6,8,10,14-15,22-26,28-30,34,36-38,50H,7,9,11-13,16-21,27H2,1-5H3/b10-8+,31-23+/t29-,30-,36+,37-,38-/m0/s1. The van der Waals surface area contributed by atoms with Crippen molar-refractivity contribution in [1.82, 2.24) is 24.5 Å². The van der Waals surface area contributed by atoms with E-state index in [-0.39, 0.29) is 36.8 Å². The van der Waals surface area contributed by atoms with Crippen molar-refractivity contribution in [3.8, 4) is 0 Å². The molecule has 1 aromatic carbocycles. The summed E-state index contributed by atoms with van der Waals surface area (Å²) >= 11 is 0. The Morgan fingerprint density at radius 1 is 1.06 bits per heavy atom. The molecule has 0 radical (unpaired) electrons. The largest absolute Gasteiger partial charge is 0.442 e. The van der Waals surface area contributed by atoms with Gasteiger partial charge in [0.05, 0.1) is 6.10 Å². The zero-order chi connectivity index (χ0) is 38.5. The van der Waals surface area contributed by atoms with E-state index in [0.717, 1.165) is 37.8 Å². The second kappa shape index (κ2) is 20.2. The van der Waals surface area contributed by atoms with Crippen molar-refractivity contribution in [2.24, 2.45) is 17.8 Å². The van der Waals surface area contributed by atoms with Crippen LogP contribution in [0.25, 0.3) is 6.08 Å². The molecule has 0 bridgehead atoms. The number of rotatable bonds is 17. The van der Waals surface area contributed by atoms with Crippen LogP contribution in [0, 0.1) is 23.6 Å². The van der Waals surface area contributed by atoms with Crippen LogP contribution in [0.2, 0.25) is 0 Å². The van der Waals surface area contributed by atoms with Gasteiger partial charge >= 0.3 is 6.09 Å². The lowest BCUT2D eigenvalue weighted by Gasteiger charge is -2.36. The molecule has 290 valence electrons. The molecule has 1 N–H and O–H groups in total. The number of nitrogens with zero attached hydrogens (tertiary/aromatic N) is 6. The van der Waals surface area contributed by atoms with E-state index in [1.54, 1.807) is 40.0 Å². The molecular weight excluding hydrogens is 679 g/mol. The molecule has 0 saturated carbocycles. The highest BCUT2D eigenvalue weighted by Crippen LogP contribution is 2.27. The Kier molecular flexibility index (Phi) is 15.8. The van der Waals surface area contributed by atoms with E-state index in [2.05, 4.69) is 21.9 Å². The quantitative estimate of drug-likeness (QED) is 0.182. The monoisotopic (exact) mass is 736 g/mol. The Balaban J connectivity index is 1.43. The summed E-state index contributed by atoms with van der Waals surface area (Å²) in [5, 5.41) is 14.3.